The lowest BCUT2D eigenvalue weighted by molar-refractivity contribution is 0.891. The van der Waals surface area contributed by atoms with Crippen molar-refractivity contribution in [2.45, 2.75) is 19.3 Å². The standard InChI is InChI=1S/C20H19N3/c1-2-14-13-22-23(20(14)21)17-9-3-8-16(12-17)19-11-5-7-15-6-4-10-18(15)19/h2-3,5,7-9,11-13H,1,4,6,10,21H2. The van der Waals surface area contributed by atoms with Crippen molar-refractivity contribution in [1.82, 2.24) is 9.78 Å². The molecule has 23 heavy (non-hydrogen) atoms. The zero-order valence-electron chi connectivity index (χ0n) is 13.0. The molecule has 0 saturated heterocycles. The second kappa shape index (κ2) is 5.43. The zero-order valence-corrected chi connectivity index (χ0v) is 13.0. The number of nitrogens with zero attached hydrogens (tertiary/aromatic N) is 2. The topological polar surface area (TPSA) is 43.8 Å². The van der Waals surface area contributed by atoms with Crippen molar-refractivity contribution in [3.05, 3.63) is 71.9 Å². The van der Waals surface area contributed by atoms with Gasteiger partial charge in [0.05, 0.1) is 11.9 Å². The van der Waals surface area contributed by atoms with E-state index in [1.54, 1.807) is 17.0 Å². The van der Waals surface area contributed by atoms with Crippen LogP contribution in [-0.2, 0) is 12.8 Å². The number of hydrogen-bond acceptors (Lipinski definition) is 2. The second-order valence-corrected chi connectivity index (χ2v) is 5.95. The van der Waals surface area contributed by atoms with Crippen LogP contribution in [0.1, 0.15) is 23.1 Å². The highest BCUT2D eigenvalue weighted by Crippen LogP contribution is 2.33. The molecule has 0 atom stereocenters. The summed E-state index contributed by atoms with van der Waals surface area (Å²) in [4.78, 5) is 0. The van der Waals surface area contributed by atoms with Crippen molar-refractivity contribution in [2.75, 3.05) is 5.73 Å². The van der Waals surface area contributed by atoms with E-state index in [0.29, 0.717) is 5.82 Å². The fourth-order valence-electron chi connectivity index (χ4n) is 3.43. The van der Waals surface area contributed by atoms with Gasteiger partial charge in [0.1, 0.15) is 5.82 Å². The SMILES string of the molecule is C=Cc1cnn(-c2cccc(-c3cccc4c3CCC4)c2)c1N. The third-order valence-corrected chi connectivity index (χ3v) is 4.60. The fourth-order valence-corrected chi connectivity index (χ4v) is 3.43. The Balaban J connectivity index is 1.82. The molecular formula is C20H19N3. The molecule has 0 unspecified atom stereocenters. The summed E-state index contributed by atoms with van der Waals surface area (Å²) in [6.07, 6.45) is 7.08. The van der Waals surface area contributed by atoms with Crippen LogP contribution < -0.4 is 5.73 Å². The number of nitrogens with two attached hydrogens (primary N) is 1. The highest BCUT2D eigenvalue weighted by Gasteiger charge is 2.16. The minimum absolute atomic E-state index is 0.621. The molecule has 0 spiro atoms. The van der Waals surface area contributed by atoms with Gasteiger partial charge in [-0.05, 0) is 53.6 Å². The van der Waals surface area contributed by atoms with Gasteiger partial charge in [-0.1, -0.05) is 43.0 Å². The van der Waals surface area contributed by atoms with Gasteiger partial charge in [0.15, 0.2) is 0 Å². The number of nitrogen functional groups attached to an aromatic ring is 1. The Morgan fingerprint density at radius 2 is 2.00 bits per heavy atom. The van der Waals surface area contributed by atoms with Crippen LogP contribution >= 0.6 is 0 Å². The first-order chi connectivity index (χ1) is 11.3. The summed E-state index contributed by atoms with van der Waals surface area (Å²) < 4.78 is 1.77. The van der Waals surface area contributed by atoms with Crippen LogP contribution in [0.4, 0.5) is 5.82 Å². The number of fused-ring (bicyclic) bond motifs is 1. The lowest BCUT2D eigenvalue weighted by Gasteiger charge is -2.11. The quantitative estimate of drug-likeness (QED) is 0.786. The van der Waals surface area contributed by atoms with Crippen molar-refractivity contribution >= 4 is 11.9 Å². The number of aromatic nitrogens is 2. The highest BCUT2D eigenvalue weighted by atomic mass is 15.3. The van der Waals surface area contributed by atoms with Crippen LogP contribution in [0.5, 0.6) is 0 Å². The van der Waals surface area contributed by atoms with Gasteiger partial charge in [0.2, 0.25) is 0 Å². The molecule has 2 aromatic carbocycles. The predicted octanol–water partition coefficient (Wildman–Crippen LogP) is 4.25. The maximum Gasteiger partial charge on any atom is 0.134 e. The highest BCUT2D eigenvalue weighted by molar-refractivity contribution is 5.72. The first-order valence-electron chi connectivity index (χ1n) is 7.95. The van der Waals surface area contributed by atoms with E-state index < -0.39 is 0 Å². The van der Waals surface area contributed by atoms with Crippen molar-refractivity contribution in [3.8, 4) is 16.8 Å². The molecule has 1 aromatic heterocycles. The zero-order chi connectivity index (χ0) is 15.8. The third kappa shape index (κ3) is 2.25. The Hall–Kier alpha value is -2.81. The van der Waals surface area contributed by atoms with Gasteiger partial charge >= 0.3 is 0 Å². The van der Waals surface area contributed by atoms with E-state index in [4.69, 9.17) is 5.73 Å². The summed E-state index contributed by atoms with van der Waals surface area (Å²) >= 11 is 0. The molecule has 1 aliphatic rings. The molecule has 0 bridgehead atoms. The molecule has 0 aliphatic heterocycles. The largest absolute Gasteiger partial charge is 0.383 e. The maximum absolute atomic E-state index is 6.15. The Kier molecular flexibility index (Phi) is 3.27. The second-order valence-electron chi connectivity index (χ2n) is 5.95. The van der Waals surface area contributed by atoms with Crippen molar-refractivity contribution in [1.29, 1.82) is 0 Å². The molecule has 2 N–H and O–H groups in total. The first-order valence-corrected chi connectivity index (χ1v) is 7.95. The lowest BCUT2D eigenvalue weighted by Crippen LogP contribution is -2.02. The molecule has 114 valence electrons. The van der Waals surface area contributed by atoms with Crippen LogP contribution in [0.25, 0.3) is 22.9 Å². The number of aryl methyl sites for hydroxylation is 1. The molecule has 0 saturated carbocycles. The van der Waals surface area contributed by atoms with Gasteiger partial charge in [-0.2, -0.15) is 5.10 Å². The Labute approximate surface area is 136 Å². The van der Waals surface area contributed by atoms with E-state index in [9.17, 15) is 0 Å². The summed E-state index contributed by atoms with van der Waals surface area (Å²) in [6.45, 7) is 3.77. The number of anilines is 1. The van der Waals surface area contributed by atoms with Crippen LogP contribution in [0.3, 0.4) is 0 Å². The van der Waals surface area contributed by atoms with Gasteiger partial charge in [0.25, 0.3) is 0 Å². The number of rotatable bonds is 3. The average Bonchev–Trinajstić information content (AvgIpc) is 3.20. The van der Waals surface area contributed by atoms with Crippen LogP contribution in [0, 0.1) is 0 Å². The van der Waals surface area contributed by atoms with E-state index in [2.05, 4.69) is 48.1 Å². The van der Waals surface area contributed by atoms with Crippen LogP contribution in [0.2, 0.25) is 0 Å². The van der Waals surface area contributed by atoms with Gasteiger partial charge in [0, 0.05) is 5.56 Å². The Morgan fingerprint density at radius 1 is 1.13 bits per heavy atom. The van der Waals surface area contributed by atoms with E-state index >= 15 is 0 Å². The molecule has 0 amide bonds. The molecule has 3 heteroatoms. The molecular weight excluding hydrogens is 282 g/mol. The molecule has 4 rings (SSSR count). The minimum atomic E-state index is 0.621. The molecule has 0 radical (unpaired) electrons. The Morgan fingerprint density at radius 3 is 2.83 bits per heavy atom. The van der Waals surface area contributed by atoms with E-state index in [-0.39, 0.29) is 0 Å². The van der Waals surface area contributed by atoms with Gasteiger partial charge < -0.3 is 5.73 Å². The van der Waals surface area contributed by atoms with Gasteiger partial charge in [-0.25, -0.2) is 4.68 Å². The molecule has 3 nitrogen and oxygen atoms in total. The lowest BCUT2D eigenvalue weighted by atomic mass is 9.96. The summed E-state index contributed by atoms with van der Waals surface area (Å²) in [6, 6.07) is 15.0. The van der Waals surface area contributed by atoms with Gasteiger partial charge in [-0.15, -0.1) is 0 Å². The maximum atomic E-state index is 6.15. The van der Waals surface area contributed by atoms with Crippen LogP contribution in [0.15, 0.2) is 55.2 Å². The number of hydrogen-bond donors (Lipinski definition) is 1. The summed E-state index contributed by atoms with van der Waals surface area (Å²) in [5.41, 5.74) is 13.5. The van der Waals surface area contributed by atoms with E-state index in [1.165, 1.54) is 41.5 Å². The summed E-state index contributed by atoms with van der Waals surface area (Å²) in [7, 11) is 0. The Bertz CT molecular complexity index is 890. The smallest absolute Gasteiger partial charge is 0.134 e. The monoisotopic (exact) mass is 301 g/mol. The van der Waals surface area contributed by atoms with Gasteiger partial charge in [-0.3, -0.25) is 0 Å². The normalized spacial score (nSPS) is 13.0. The first kappa shape index (κ1) is 13.8. The molecule has 0 fully saturated rings. The van der Waals surface area contributed by atoms with Crippen molar-refractivity contribution in [3.63, 3.8) is 0 Å². The predicted molar refractivity (Wildman–Crippen MR) is 95.5 cm³/mol. The fraction of sp³-hybridized carbons (Fsp3) is 0.150. The molecule has 3 aromatic rings. The van der Waals surface area contributed by atoms with Crippen molar-refractivity contribution in [2.24, 2.45) is 0 Å². The van der Waals surface area contributed by atoms with Crippen LogP contribution in [-0.4, -0.2) is 9.78 Å². The summed E-state index contributed by atoms with van der Waals surface area (Å²) in [5, 5.41) is 4.38. The summed E-state index contributed by atoms with van der Waals surface area (Å²) in [5.74, 6) is 0.621. The van der Waals surface area contributed by atoms with E-state index in [1.807, 2.05) is 6.07 Å². The molecule has 1 aliphatic carbocycles. The third-order valence-electron chi connectivity index (χ3n) is 4.60. The average molecular weight is 301 g/mol. The van der Waals surface area contributed by atoms with Crippen molar-refractivity contribution < 1.29 is 0 Å². The number of benzene rings is 2. The van der Waals surface area contributed by atoms with E-state index in [0.717, 1.165) is 11.3 Å². The minimum Gasteiger partial charge on any atom is -0.383 e. The molecule has 1 heterocycles.